The average molecular weight is 411 g/mol. The van der Waals surface area contributed by atoms with Gasteiger partial charge >= 0.3 is 5.97 Å². The molecule has 8 heteroatoms. The van der Waals surface area contributed by atoms with Crippen molar-refractivity contribution in [3.05, 3.63) is 30.3 Å². The van der Waals surface area contributed by atoms with E-state index in [1.54, 1.807) is 36.9 Å². The van der Waals surface area contributed by atoms with E-state index in [9.17, 15) is 18.0 Å². The summed E-state index contributed by atoms with van der Waals surface area (Å²) >= 11 is 0. The number of nitrogens with one attached hydrogen (secondary N) is 1. The summed E-state index contributed by atoms with van der Waals surface area (Å²) in [5.74, 6) is -1.32. The van der Waals surface area contributed by atoms with Crippen molar-refractivity contribution >= 4 is 21.9 Å². The van der Waals surface area contributed by atoms with Crippen molar-refractivity contribution in [2.75, 3.05) is 13.1 Å². The first-order valence-corrected chi connectivity index (χ1v) is 11.3. The molecule has 1 aromatic carbocycles. The molecule has 0 radical (unpaired) electrons. The van der Waals surface area contributed by atoms with Crippen LogP contribution < -0.4 is 4.72 Å². The van der Waals surface area contributed by atoms with E-state index < -0.39 is 28.1 Å². The van der Waals surface area contributed by atoms with Crippen LogP contribution in [0.25, 0.3) is 0 Å². The zero-order chi connectivity index (χ0) is 20.7. The van der Waals surface area contributed by atoms with Gasteiger partial charge in [-0.25, -0.2) is 8.42 Å². The van der Waals surface area contributed by atoms with Crippen LogP contribution in [0.2, 0.25) is 0 Å². The highest BCUT2D eigenvalue weighted by atomic mass is 32.2. The highest BCUT2D eigenvalue weighted by molar-refractivity contribution is 7.89. The standard InChI is InChI=1S/C20H30N2O5S/c1-15(2)18(21-28(25,26)17-11-7-6-8-12-17)20(24)27-16(3)19(23)22-13-9-4-5-10-14-22/h6-8,11-12,15-16,18,21H,4-5,9-10,13-14H2,1-3H3/t16?,18-/m0/s1. The summed E-state index contributed by atoms with van der Waals surface area (Å²) in [5.41, 5.74) is 0. The van der Waals surface area contributed by atoms with Crippen LogP contribution in [-0.4, -0.2) is 50.4 Å². The van der Waals surface area contributed by atoms with Crippen LogP contribution in [0.15, 0.2) is 35.2 Å². The Morgan fingerprint density at radius 2 is 1.57 bits per heavy atom. The molecule has 2 rings (SSSR count). The van der Waals surface area contributed by atoms with Gasteiger partial charge in [0, 0.05) is 13.1 Å². The van der Waals surface area contributed by atoms with Gasteiger partial charge in [0.1, 0.15) is 6.04 Å². The number of amides is 1. The van der Waals surface area contributed by atoms with Crippen LogP contribution >= 0.6 is 0 Å². The van der Waals surface area contributed by atoms with Gasteiger partial charge in [-0.1, -0.05) is 44.9 Å². The Morgan fingerprint density at radius 1 is 1.00 bits per heavy atom. The fraction of sp³-hybridized carbons (Fsp3) is 0.600. The molecule has 156 valence electrons. The number of benzene rings is 1. The number of hydrogen-bond donors (Lipinski definition) is 1. The zero-order valence-electron chi connectivity index (χ0n) is 16.8. The highest BCUT2D eigenvalue weighted by Crippen LogP contribution is 2.15. The summed E-state index contributed by atoms with van der Waals surface area (Å²) in [6.45, 7) is 6.31. The number of likely N-dealkylation sites (tertiary alicyclic amines) is 1. The third kappa shape index (κ3) is 6.04. The molecule has 0 spiro atoms. The predicted octanol–water partition coefficient (Wildman–Crippen LogP) is 2.32. The second kappa shape index (κ2) is 10.0. The maximum atomic E-state index is 12.6. The topological polar surface area (TPSA) is 92.8 Å². The van der Waals surface area contributed by atoms with Crippen molar-refractivity contribution in [3.8, 4) is 0 Å². The van der Waals surface area contributed by atoms with E-state index in [-0.39, 0.29) is 16.7 Å². The first-order chi connectivity index (χ1) is 13.2. The maximum Gasteiger partial charge on any atom is 0.325 e. The van der Waals surface area contributed by atoms with E-state index in [4.69, 9.17) is 4.74 Å². The number of hydrogen-bond acceptors (Lipinski definition) is 5. The van der Waals surface area contributed by atoms with E-state index in [0.29, 0.717) is 13.1 Å². The molecule has 1 heterocycles. The molecule has 28 heavy (non-hydrogen) atoms. The summed E-state index contributed by atoms with van der Waals surface area (Å²) in [6, 6.07) is 6.76. The lowest BCUT2D eigenvalue weighted by Gasteiger charge is -2.26. The van der Waals surface area contributed by atoms with Gasteiger partial charge in [-0.05, 0) is 37.8 Å². The van der Waals surface area contributed by atoms with Crippen molar-refractivity contribution in [2.45, 2.75) is 63.5 Å². The van der Waals surface area contributed by atoms with Crippen LogP contribution in [0, 0.1) is 5.92 Å². The molecule has 7 nitrogen and oxygen atoms in total. The van der Waals surface area contributed by atoms with E-state index >= 15 is 0 Å². The number of ether oxygens (including phenoxy) is 1. The van der Waals surface area contributed by atoms with Crippen LogP contribution in [0.4, 0.5) is 0 Å². The fourth-order valence-corrected chi connectivity index (χ4v) is 4.49. The molecular weight excluding hydrogens is 380 g/mol. The number of esters is 1. The van der Waals surface area contributed by atoms with Gasteiger partial charge in [0.05, 0.1) is 4.90 Å². The Labute approximate surface area is 167 Å². The summed E-state index contributed by atoms with van der Waals surface area (Å²) in [7, 11) is -3.88. The smallest absolute Gasteiger partial charge is 0.325 e. The SMILES string of the molecule is CC(OC(=O)[C@@H](NS(=O)(=O)c1ccccc1)C(C)C)C(=O)N1CCCCCC1. The second-order valence-electron chi connectivity index (χ2n) is 7.47. The fourth-order valence-electron chi connectivity index (χ4n) is 3.14. The molecule has 1 saturated heterocycles. The largest absolute Gasteiger partial charge is 0.451 e. The molecule has 0 aromatic heterocycles. The van der Waals surface area contributed by atoms with Gasteiger partial charge in [0.15, 0.2) is 6.10 Å². The maximum absolute atomic E-state index is 12.6. The van der Waals surface area contributed by atoms with Crippen LogP contribution in [0.5, 0.6) is 0 Å². The molecule has 2 atom stereocenters. The number of nitrogens with zero attached hydrogens (tertiary/aromatic N) is 1. The molecule has 1 fully saturated rings. The normalized spacial score (nSPS) is 17.6. The molecule has 1 unspecified atom stereocenters. The molecule has 0 aliphatic carbocycles. The number of carbonyl (C=O) groups is 2. The zero-order valence-corrected chi connectivity index (χ0v) is 17.6. The van der Waals surface area contributed by atoms with E-state index in [1.165, 1.54) is 19.1 Å². The number of carbonyl (C=O) groups excluding carboxylic acids is 2. The molecular formula is C20H30N2O5S. The molecule has 1 aromatic rings. The first kappa shape index (κ1) is 22.4. The van der Waals surface area contributed by atoms with Gasteiger partial charge in [0.25, 0.3) is 5.91 Å². The minimum atomic E-state index is -3.88. The van der Waals surface area contributed by atoms with E-state index in [2.05, 4.69) is 4.72 Å². The molecule has 1 aliphatic heterocycles. The van der Waals surface area contributed by atoms with Crippen LogP contribution in [0.3, 0.4) is 0 Å². The lowest BCUT2D eigenvalue weighted by atomic mass is 10.1. The lowest BCUT2D eigenvalue weighted by molar-refractivity contribution is -0.161. The summed E-state index contributed by atoms with van der Waals surface area (Å²) in [4.78, 5) is 27.0. The molecule has 1 N–H and O–H groups in total. The van der Waals surface area contributed by atoms with Crippen molar-refractivity contribution in [1.82, 2.24) is 9.62 Å². The van der Waals surface area contributed by atoms with Gasteiger partial charge in [0.2, 0.25) is 10.0 Å². The molecule has 1 amide bonds. The minimum absolute atomic E-state index is 0.0714. The summed E-state index contributed by atoms with van der Waals surface area (Å²) in [5, 5.41) is 0. The summed E-state index contributed by atoms with van der Waals surface area (Å²) in [6.07, 6.45) is 3.12. The average Bonchev–Trinajstić information content (AvgIpc) is 2.95. The second-order valence-corrected chi connectivity index (χ2v) is 9.19. The van der Waals surface area contributed by atoms with Gasteiger partial charge in [-0.3, -0.25) is 9.59 Å². The third-order valence-electron chi connectivity index (χ3n) is 4.81. The Kier molecular flexibility index (Phi) is 8.00. The van der Waals surface area contributed by atoms with E-state index in [1.807, 2.05) is 0 Å². The highest BCUT2D eigenvalue weighted by Gasteiger charge is 2.33. The number of rotatable bonds is 7. The third-order valence-corrected chi connectivity index (χ3v) is 6.27. The van der Waals surface area contributed by atoms with Crippen LogP contribution in [0.1, 0.15) is 46.5 Å². The lowest BCUT2D eigenvalue weighted by Crippen LogP contribution is -2.48. The Hall–Kier alpha value is -1.93. The monoisotopic (exact) mass is 410 g/mol. The van der Waals surface area contributed by atoms with Crippen LogP contribution in [-0.2, 0) is 24.3 Å². The summed E-state index contributed by atoms with van der Waals surface area (Å²) < 4.78 is 32.9. The Balaban J connectivity index is 2.05. The van der Waals surface area contributed by atoms with Gasteiger partial charge in [-0.2, -0.15) is 4.72 Å². The quantitative estimate of drug-likeness (QED) is 0.697. The molecule has 1 aliphatic rings. The van der Waals surface area contributed by atoms with Crippen molar-refractivity contribution in [2.24, 2.45) is 5.92 Å². The minimum Gasteiger partial charge on any atom is -0.451 e. The van der Waals surface area contributed by atoms with Gasteiger partial charge in [-0.15, -0.1) is 0 Å². The first-order valence-electron chi connectivity index (χ1n) is 9.79. The van der Waals surface area contributed by atoms with E-state index in [0.717, 1.165) is 25.7 Å². The van der Waals surface area contributed by atoms with Crippen molar-refractivity contribution in [1.29, 1.82) is 0 Å². The molecule has 0 saturated carbocycles. The number of sulfonamides is 1. The predicted molar refractivity (Wildman–Crippen MR) is 106 cm³/mol. The van der Waals surface area contributed by atoms with Crippen molar-refractivity contribution in [3.63, 3.8) is 0 Å². The Bertz CT molecular complexity index is 756. The Morgan fingerprint density at radius 3 is 2.11 bits per heavy atom. The van der Waals surface area contributed by atoms with Crippen molar-refractivity contribution < 1.29 is 22.7 Å². The van der Waals surface area contributed by atoms with Gasteiger partial charge < -0.3 is 9.64 Å². The molecule has 0 bridgehead atoms.